The fourth-order valence-electron chi connectivity index (χ4n) is 3.16. The summed E-state index contributed by atoms with van der Waals surface area (Å²) in [5.41, 5.74) is 0.705. The van der Waals surface area contributed by atoms with Crippen LogP contribution in [-0.4, -0.2) is 34.3 Å². The van der Waals surface area contributed by atoms with Gasteiger partial charge in [0.25, 0.3) is 0 Å². The smallest absolute Gasteiger partial charge is 0.140 e. The summed E-state index contributed by atoms with van der Waals surface area (Å²) in [6, 6.07) is 0. The molecule has 1 N–H and O–H groups in total. The summed E-state index contributed by atoms with van der Waals surface area (Å²) in [5.74, 6) is 0.942. The fraction of sp³-hybridized carbons (Fsp3) is 0.600. The Labute approximate surface area is 123 Å². The highest BCUT2D eigenvalue weighted by molar-refractivity contribution is 7.18. The van der Waals surface area contributed by atoms with E-state index in [0.29, 0.717) is 6.54 Å². The molecule has 1 fully saturated rings. The Morgan fingerprint density at radius 1 is 1.30 bits per heavy atom. The molecular formula is C15H21N3OS. The van der Waals surface area contributed by atoms with Crippen molar-refractivity contribution in [3.05, 3.63) is 16.8 Å². The first kappa shape index (κ1) is 13.8. The molecule has 0 bridgehead atoms. The largest absolute Gasteiger partial charge is 0.388 e. The van der Waals surface area contributed by atoms with Gasteiger partial charge < -0.3 is 10.0 Å². The van der Waals surface area contributed by atoms with Crippen molar-refractivity contribution in [2.24, 2.45) is 0 Å². The van der Waals surface area contributed by atoms with Gasteiger partial charge in [-0.05, 0) is 32.3 Å². The second-order valence-electron chi connectivity index (χ2n) is 5.95. The van der Waals surface area contributed by atoms with E-state index < -0.39 is 5.60 Å². The highest BCUT2D eigenvalue weighted by Gasteiger charge is 2.33. The van der Waals surface area contributed by atoms with Crippen LogP contribution >= 0.6 is 11.3 Å². The highest BCUT2D eigenvalue weighted by Crippen LogP contribution is 2.36. The van der Waals surface area contributed by atoms with Crippen LogP contribution in [0.25, 0.3) is 10.2 Å². The zero-order valence-electron chi connectivity index (χ0n) is 12.3. The van der Waals surface area contributed by atoms with Gasteiger partial charge in [0.15, 0.2) is 0 Å². The van der Waals surface area contributed by atoms with E-state index in [1.807, 2.05) is 7.05 Å². The molecule has 0 amide bonds. The first-order chi connectivity index (χ1) is 9.50. The van der Waals surface area contributed by atoms with Crippen molar-refractivity contribution in [3.63, 3.8) is 0 Å². The predicted molar refractivity (Wildman–Crippen MR) is 83.6 cm³/mol. The number of aromatic nitrogens is 2. The van der Waals surface area contributed by atoms with Crippen LogP contribution in [0.5, 0.6) is 0 Å². The van der Waals surface area contributed by atoms with E-state index in [2.05, 4.69) is 28.7 Å². The van der Waals surface area contributed by atoms with Crippen molar-refractivity contribution in [2.75, 3.05) is 18.5 Å². The van der Waals surface area contributed by atoms with Gasteiger partial charge in [-0.25, -0.2) is 9.97 Å². The van der Waals surface area contributed by atoms with E-state index >= 15 is 0 Å². The van der Waals surface area contributed by atoms with E-state index in [1.54, 1.807) is 17.7 Å². The maximum atomic E-state index is 10.6. The number of rotatable bonds is 3. The summed E-state index contributed by atoms with van der Waals surface area (Å²) in [4.78, 5) is 13.3. The molecule has 0 spiro atoms. The highest BCUT2D eigenvalue weighted by atomic mass is 32.1. The Hall–Kier alpha value is -1.20. The molecule has 0 atom stereocenters. The van der Waals surface area contributed by atoms with Crippen LogP contribution in [0.15, 0.2) is 6.33 Å². The lowest BCUT2D eigenvalue weighted by atomic mass is 10.0. The number of anilines is 1. The number of aryl methyl sites for hydroxylation is 2. The summed E-state index contributed by atoms with van der Waals surface area (Å²) in [6.45, 7) is 4.89. The van der Waals surface area contributed by atoms with Gasteiger partial charge in [0.2, 0.25) is 0 Å². The van der Waals surface area contributed by atoms with E-state index in [-0.39, 0.29) is 0 Å². The summed E-state index contributed by atoms with van der Waals surface area (Å²) < 4.78 is 0. The molecule has 108 valence electrons. The maximum Gasteiger partial charge on any atom is 0.140 e. The third-order valence-corrected chi connectivity index (χ3v) is 5.49. The first-order valence-corrected chi connectivity index (χ1v) is 7.96. The van der Waals surface area contributed by atoms with Gasteiger partial charge in [0.05, 0.1) is 11.0 Å². The first-order valence-electron chi connectivity index (χ1n) is 7.14. The number of aliphatic hydroxyl groups is 1. The lowest BCUT2D eigenvalue weighted by Gasteiger charge is -2.29. The molecule has 1 saturated carbocycles. The quantitative estimate of drug-likeness (QED) is 0.944. The summed E-state index contributed by atoms with van der Waals surface area (Å²) in [5, 5.41) is 11.7. The van der Waals surface area contributed by atoms with Gasteiger partial charge in [0, 0.05) is 18.5 Å². The SMILES string of the molecule is Cc1sc2ncnc(N(C)CC3(O)CCCC3)c2c1C. The molecule has 3 rings (SSSR count). The minimum Gasteiger partial charge on any atom is -0.388 e. The summed E-state index contributed by atoms with van der Waals surface area (Å²) >= 11 is 1.71. The Balaban J connectivity index is 1.97. The van der Waals surface area contributed by atoms with Crippen molar-refractivity contribution in [2.45, 2.75) is 45.1 Å². The monoisotopic (exact) mass is 291 g/mol. The Bertz CT molecular complexity index is 631. The zero-order chi connectivity index (χ0) is 14.3. The molecule has 4 nitrogen and oxygen atoms in total. The van der Waals surface area contributed by atoms with Crippen molar-refractivity contribution in [3.8, 4) is 0 Å². The molecule has 0 saturated heterocycles. The molecule has 0 aromatic carbocycles. The Kier molecular flexibility index (Phi) is 3.42. The third-order valence-electron chi connectivity index (χ3n) is 4.37. The van der Waals surface area contributed by atoms with Gasteiger partial charge >= 0.3 is 0 Å². The van der Waals surface area contributed by atoms with E-state index in [1.165, 1.54) is 10.4 Å². The molecular weight excluding hydrogens is 270 g/mol. The van der Waals surface area contributed by atoms with Crippen molar-refractivity contribution >= 4 is 27.4 Å². The van der Waals surface area contributed by atoms with Gasteiger partial charge in [-0.2, -0.15) is 0 Å². The molecule has 2 aromatic rings. The number of hydrogen-bond acceptors (Lipinski definition) is 5. The van der Waals surface area contributed by atoms with Crippen molar-refractivity contribution in [1.29, 1.82) is 0 Å². The summed E-state index contributed by atoms with van der Waals surface area (Å²) in [7, 11) is 2.02. The third kappa shape index (κ3) is 2.29. The van der Waals surface area contributed by atoms with Crippen LogP contribution in [0.3, 0.4) is 0 Å². The fourth-order valence-corrected chi connectivity index (χ4v) is 4.15. The molecule has 5 heteroatoms. The molecule has 1 aliphatic rings. The molecule has 20 heavy (non-hydrogen) atoms. The average molecular weight is 291 g/mol. The molecule has 0 aliphatic heterocycles. The lowest BCUT2D eigenvalue weighted by Crippen LogP contribution is -2.39. The van der Waals surface area contributed by atoms with Crippen molar-refractivity contribution < 1.29 is 5.11 Å². The van der Waals surface area contributed by atoms with E-state index in [9.17, 15) is 5.11 Å². The second-order valence-corrected chi connectivity index (χ2v) is 7.15. The van der Waals surface area contributed by atoms with Crippen LogP contribution in [-0.2, 0) is 0 Å². The topological polar surface area (TPSA) is 49.2 Å². The maximum absolute atomic E-state index is 10.6. The lowest BCUT2D eigenvalue weighted by molar-refractivity contribution is 0.0558. The Morgan fingerprint density at radius 2 is 2.00 bits per heavy atom. The van der Waals surface area contributed by atoms with Crippen LogP contribution in [0.2, 0.25) is 0 Å². The molecule has 0 radical (unpaired) electrons. The minimum absolute atomic E-state index is 0.551. The molecule has 0 unspecified atom stereocenters. The normalized spacial score (nSPS) is 17.8. The standard InChI is InChI=1S/C15H21N3OS/c1-10-11(2)20-14-12(10)13(16-9-17-14)18(3)8-15(19)6-4-5-7-15/h9,19H,4-8H2,1-3H3. The average Bonchev–Trinajstić information content (AvgIpc) is 2.95. The number of likely N-dealkylation sites (N-methyl/N-ethyl adjacent to an activating group) is 1. The van der Waals surface area contributed by atoms with Crippen LogP contribution in [0.4, 0.5) is 5.82 Å². The second kappa shape index (κ2) is 4.97. The number of hydrogen-bond donors (Lipinski definition) is 1. The number of thiophene rings is 1. The van der Waals surface area contributed by atoms with Crippen LogP contribution < -0.4 is 4.90 Å². The van der Waals surface area contributed by atoms with Gasteiger partial charge in [-0.1, -0.05) is 12.8 Å². The van der Waals surface area contributed by atoms with E-state index in [4.69, 9.17) is 0 Å². The molecule has 2 aromatic heterocycles. The van der Waals surface area contributed by atoms with Crippen LogP contribution in [0, 0.1) is 13.8 Å². The van der Waals surface area contributed by atoms with E-state index in [0.717, 1.165) is 41.7 Å². The minimum atomic E-state index is -0.551. The van der Waals surface area contributed by atoms with Crippen molar-refractivity contribution in [1.82, 2.24) is 9.97 Å². The summed E-state index contributed by atoms with van der Waals surface area (Å²) in [6.07, 6.45) is 5.67. The molecule has 1 aliphatic carbocycles. The zero-order valence-corrected chi connectivity index (χ0v) is 13.1. The molecule has 2 heterocycles. The number of fused-ring (bicyclic) bond motifs is 1. The van der Waals surface area contributed by atoms with Crippen LogP contribution in [0.1, 0.15) is 36.1 Å². The van der Waals surface area contributed by atoms with Gasteiger partial charge in [0.1, 0.15) is 17.0 Å². The van der Waals surface area contributed by atoms with Gasteiger partial charge in [-0.15, -0.1) is 11.3 Å². The predicted octanol–water partition coefficient (Wildman–Crippen LogP) is 3.05. The Morgan fingerprint density at radius 3 is 2.70 bits per heavy atom. The number of nitrogens with zero attached hydrogens (tertiary/aromatic N) is 3. The van der Waals surface area contributed by atoms with Gasteiger partial charge in [-0.3, -0.25) is 0 Å².